The van der Waals surface area contributed by atoms with Crippen LogP contribution in [0.5, 0.6) is 0 Å². The van der Waals surface area contributed by atoms with Crippen LogP contribution in [0.3, 0.4) is 0 Å². The van der Waals surface area contributed by atoms with Gasteiger partial charge in [-0.2, -0.15) is 16.9 Å². The van der Waals surface area contributed by atoms with Gasteiger partial charge in [0.2, 0.25) is 0 Å². The van der Waals surface area contributed by atoms with Gasteiger partial charge in [-0.15, -0.1) is 0 Å². The molecule has 0 saturated carbocycles. The predicted octanol–water partition coefficient (Wildman–Crippen LogP) is 2.13. The number of ether oxygens (including phenoxy) is 1. The van der Waals surface area contributed by atoms with Crippen LogP contribution < -0.4 is 5.32 Å². The highest BCUT2D eigenvalue weighted by Gasteiger charge is 2.40. The summed E-state index contributed by atoms with van der Waals surface area (Å²) in [5.41, 5.74) is 1.37. The Labute approximate surface area is 118 Å². The minimum absolute atomic E-state index is 0.159. The molecule has 1 aromatic rings. The molecule has 0 bridgehead atoms. The van der Waals surface area contributed by atoms with Crippen LogP contribution in [0.15, 0.2) is 19.0 Å². The van der Waals surface area contributed by atoms with Crippen molar-refractivity contribution >= 4 is 18.0 Å². The Bertz CT molecular complexity index is 440. The molecule has 3 heterocycles. The minimum atomic E-state index is 0.159. The van der Waals surface area contributed by atoms with E-state index in [1.54, 1.807) is 10.9 Å². The highest BCUT2D eigenvalue weighted by molar-refractivity contribution is 7.99. The van der Waals surface area contributed by atoms with Crippen LogP contribution in [0.2, 0.25) is 0 Å². The number of rotatable bonds is 4. The van der Waals surface area contributed by atoms with Crippen molar-refractivity contribution in [1.29, 1.82) is 0 Å². The lowest BCUT2D eigenvalue weighted by atomic mass is 9.90. The first-order chi connectivity index (χ1) is 9.30. The molecule has 2 atom stereocenters. The summed E-state index contributed by atoms with van der Waals surface area (Å²) < 4.78 is 7.79. The van der Waals surface area contributed by atoms with Crippen LogP contribution >= 0.6 is 11.8 Å². The third-order valence-electron chi connectivity index (χ3n) is 4.00. The molecule has 2 unspecified atom stereocenters. The maximum atomic E-state index is 6.04. The van der Waals surface area contributed by atoms with E-state index in [-0.39, 0.29) is 5.60 Å². The topological polar surface area (TPSA) is 39.1 Å². The summed E-state index contributed by atoms with van der Waals surface area (Å²) in [6.45, 7) is 5.47. The SMILES string of the molecule is C=Cn1cc(CNC2CCOC3(CCSC3)C2)cn1. The lowest BCUT2D eigenvalue weighted by molar-refractivity contribution is -0.0703. The number of nitrogens with zero attached hydrogens (tertiary/aromatic N) is 2. The van der Waals surface area contributed by atoms with Crippen molar-refractivity contribution in [3.63, 3.8) is 0 Å². The Hall–Kier alpha value is -0.780. The normalized spacial score (nSPS) is 30.8. The number of hydrogen-bond acceptors (Lipinski definition) is 4. The molecular formula is C14H21N3OS. The molecule has 0 aliphatic carbocycles. The molecule has 2 aliphatic rings. The van der Waals surface area contributed by atoms with Crippen molar-refractivity contribution < 1.29 is 4.74 Å². The maximum Gasteiger partial charge on any atom is 0.0795 e. The second-order valence-corrected chi connectivity index (χ2v) is 6.52. The summed E-state index contributed by atoms with van der Waals surface area (Å²) in [4.78, 5) is 0. The first-order valence-corrected chi connectivity index (χ1v) is 8.06. The van der Waals surface area contributed by atoms with Gasteiger partial charge in [0.1, 0.15) is 0 Å². The lowest BCUT2D eigenvalue weighted by Crippen LogP contribution is -2.47. The smallest absolute Gasteiger partial charge is 0.0795 e. The van der Waals surface area contributed by atoms with Crippen molar-refractivity contribution in [2.45, 2.75) is 37.5 Å². The first kappa shape index (κ1) is 13.2. The van der Waals surface area contributed by atoms with E-state index in [9.17, 15) is 0 Å². The predicted molar refractivity (Wildman–Crippen MR) is 79.1 cm³/mol. The van der Waals surface area contributed by atoms with E-state index >= 15 is 0 Å². The molecule has 4 nitrogen and oxygen atoms in total. The average molecular weight is 279 g/mol. The molecule has 1 spiro atoms. The molecule has 104 valence electrons. The van der Waals surface area contributed by atoms with E-state index in [0.717, 1.165) is 26.0 Å². The summed E-state index contributed by atoms with van der Waals surface area (Å²) in [7, 11) is 0. The third-order valence-corrected chi connectivity index (χ3v) is 5.22. The van der Waals surface area contributed by atoms with Gasteiger partial charge in [-0.25, -0.2) is 4.68 Å². The Kier molecular flexibility index (Phi) is 3.96. The van der Waals surface area contributed by atoms with Crippen LogP contribution in [0.4, 0.5) is 0 Å². The summed E-state index contributed by atoms with van der Waals surface area (Å²) >= 11 is 2.03. The summed E-state index contributed by atoms with van der Waals surface area (Å²) in [5.74, 6) is 2.42. The van der Waals surface area contributed by atoms with E-state index in [0.29, 0.717) is 6.04 Å². The van der Waals surface area contributed by atoms with Crippen LogP contribution in [0.25, 0.3) is 6.20 Å². The number of thioether (sulfide) groups is 1. The summed E-state index contributed by atoms with van der Waals surface area (Å²) in [6.07, 6.45) is 9.10. The summed E-state index contributed by atoms with van der Waals surface area (Å²) in [6, 6.07) is 0.569. The molecular weight excluding hydrogens is 258 g/mol. The fraction of sp³-hybridized carbons (Fsp3) is 0.643. The number of aromatic nitrogens is 2. The van der Waals surface area contributed by atoms with Gasteiger partial charge in [-0.05, 0) is 25.0 Å². The molecule has 3 rings (SSSR count). The van der Waals surface area contributed by atoms with Crippen molar-refractivity contribution in [2.24, 2.45) is 0 Å². The molecule has 2 aliphatic heterocycles. The first-order valence-electron chi connectivity index (χ1n) is 6.90. The molecule has 2 fully saturated rings. The Morgan fingerprint density at radius 2 is 2.63 bits per heavy atom. The van der Waals surface area contributed by atoms with E-state index in [1.165, 1.54) is 23.5 Å². The van der Waals surface area contributed by atoms with E-state index in [4.69, 9.17) is 4.74 Å². The second kappa shape index (κ2) is 5.69. The molecule has 19 heavy (non-hydrogen) atoms. The monoisotopic (exact) mass is 279 g/mol. The Balaban J connectivity index is 1.53. The third kappa shape index (κ3) is 3.04. The lowest BCUT2D eigenvalue weighted by Gasteiger charge is -2.38. The summed E-state index contributed by atoms with van der Waals surface area (Å²) in [5, 5.41) is 7.85. The molecule has 2 saturated heterocycles. The molecule has 0 radical (unpaired) electrons. The van der Waals surface area contributed by atoms with E-state index in [2.05, 4.69) is 17.0 Å². The highest BCUT2D eigenvalue weighted by atomic mass is 32.2. The Morgan fingerprint density at radius 1 is 1.68 bits per heavy atom. The minimum Gasteiger partial charge on any atom is -0.374 e. The number of hydrogen-bond donors (Lipinski definition) is 1. The van der Waals surface area contributed by atoms with Gasteiger partial charge in [0.25, 0.3) is 0 Å². The fourth-order valence-electron chi connectivity index (χ4n) is 2.90. The maximum absolute atomic E-state index is 6.04. The molecule has 1 N–H and O–H groups in total. The van der Waals surface area contributed by atoms with Gasteiger partial charge in [0.05, 0.1) is 11.8 Å². The fourth-order valence-corrected chi connectivity index (χ4v) is 4.27. The van der Waals surface area contributed by atoms with Crippen molar-refractivity contribution in [1.82, 2.24) is 15.1 Å². The van der Waals surface area contributed by atoms with Crippen LogP contribution in [-0.4, -0.2) is 39.5 Å². The zero-order chi connectivity index (χ0) is 13.1. The zero-order valence-electron chi connectivity index (χ0n) is 11.2. The quantitative estimate of drug-likeness (QED) is 0.916. The second-order valence-electron chi connectivity index (χ2n) is 5.42. The van der Waals surface area contributed by atoms with Crippen molar-refractivity contribution in [2.75, 3.05) is 18.1 Å². The largest absolute Gasteiger partial charge is 0.374 e. The van der Waals surface area contributed by atoms with Gasteiger partial charge in [-0.3, -0.25) is 0 Å². The van der Waals surface area contributed by atoms with Gasteiger partial charge in [0, 0.05) is 42.9 Å². The van der Waals surface area contributed by atoms with Gasteiger partial charge < -0.3 is 10.1 Å². The Morgan fingerprint density at radius 3 is 3.37 bits per heavy atom. The van der Waals surface area contributed by atoms with Crippen LogP contribution in [0, 0.1) is 0 Å². The van der Waals surface area contributed by atoms with Gasteiger partial charge in [0.15, 0.2) is 0 Å². The van der Waals surface area contributed by atoms with Crippen molar-refractivity contribution in [3.05, 3.63) is 24.5 Å². The molecule has 0 amide bonds. The molecule has 5 heteroatoms. The van der Waals surface area contributed by atoms with Gasteiger partial charge >= 0.3 is 0 Å². The number of nitrogens with one attached hydrogen (secondary N) is 1. The molecule has 0 aromatic carbocycles. The van der Waals surface area contributed by atoms with Gasteiger partial charge in [-0.1, -0.05) is 6.58 Å². The van der Waals surface area contributed by atoms with Crippen LogP contribution in [-0.2, 0) is 11.3 Å². The highest BCUT2D eigenvalue weighted by Crippen LogP contribution is 2.38. The average Bonchev–Trinajstić information content (AvgIpc) is 3.06. The molecule has 1 aromatic heterocycles. The van der Waals surface area contributed by atoms with E-state index < -0.39 is 0 Å². The van der Waals surface area contributed by atoms with E-state index in [1.807, 2.05) is 24.2 Å². The van der Waals surface area contributed by atoms with Crippen LogP contribution in [0.1, 0.15) is 24.8 Å². The standard InChI is InChI=1S/C14H21N3OS/c1-2-17-10-12(9-16-17)8-15-13-3-5-18-14(7-13)4-6-19-11-14/h2,9-10,13,15H,1,3-8,11H2. The van der Waals surface area contributed by atoms with Crippen molar-refractivity contribution in [3.8, 4) is 0 Å². The zero-order valence-corrected chi connectivity index (χ0v) is 12.0.